The summed E-state index contributed by atoms with van der Waals surface area (Å²) in [7, 11) is 0. The zero-order chi connectivity index (χ0) is 12.5. The third kappa shape index (κ3) is 1.93. The Hall–Kier alpha value is -2.01. The Balaban J connectivity index is 2.28. The van der Waals surface area contributed by atoms with E-state index < -0.39 is 0 Å². The Morgan fingerprint density at radius 3 is 2.94 bits per heavy atom. The number of H-pyrrole nitrogens is 1. The molecule has 0 atom stereocenters. The maximum Gasteiger partial charge on any atom is 0.259 e. The fraction of sp³-hybridized carbons (Fsp3) is 0. The van der Waals surface area contributed by atoms with Crippen molar-refractivity contribution < 1.29 is 0 Å². The van der Waals surface area contributed by atoms with Crippen LogP contribution in [0.25, 0.3) is 22.3 Å². The highest BCUT2D eigenvalue weighted by molar-refractivity contribution is 9.10. The van der Waals surface area contributed by atoms with Crippen molar-refractivity contribution in [3.63, 3.8) is 0 Å². The summed E-state index contributed by atoms with van der Waals surface area (Å²) in [5, 5.41) is 0.545. The van der Waals surface area contributed by atoms with Gasteiger partial charge in [0.1, 0.15) is 5.82 Å². The maximum atomic E-state index is 11.9. The quantitative estimate of drug-likeness (QED) is 0.752. The molecule has 0 bridgehead atoms. The van der Waals surface area contributed by atoms with Crippen molar-refractivity contribution >= 4 is 26.8 Å². The highest BCUT2D eigenvalue weighted by atomic mass is 79.9. The zero-order valence-electron chi connectivity index (χ0n) is 9.22. The number of nitrogens with one attached hydrogen (secondary N) is 1. The molecule has 1 aromatic carbocycles. The fourth-order valence-electron chi connectivity index (χ4n) is 1.76. The predicted octanol–water partition coefficient (Wildman–Crippen LogP) is 2.75. The smallest absolute Gasteiger partial charge is 0.259 e. The molecule has 0 aliphatic heterocycles. The lowest BCUT2D eigenvalue weighted by Crippen LogP contribution is -2.09. The van der Waals surface area contributed by atoms with Gasteiger partial charge in [-0.05, 0) is 18.2 Å². The molecule has 4 nitrogen and oxygen atoms in total. The molecule has 0 unspecified atom stereocenters. The number of aromatic amines is 1. The molecule has 0 saturated carbocycles. The topological polar surface area (TPSA) is 58.6 Å². The highest BCUT2D eigenvalue weighted by Crippen LogP contribution is 2.19. The number of aromatic nitrogens is 3. The molecule has 3 rings (SSSR count). The van der Waals surface area contributed by atoms with Crippen LogP contribution in [0.4, 0.5) is 0 Å². The standard InChI is InChI=1S/C13H8BrN3O/c14-9-3-1-2-8(6-9)12-16-11-7-15-5-4-10(11)13(18)17-12/h1-7H,(H,16,17,18). The minimum absolute atomic E-state index is 0.155. The van der Waals surface area contributed by atoms with Gasteiger partial charge in [-0.1, -0.05) is 28.1 Å². The number of hydrogen-bond donors (Lipinski definition) is 1. The minimum Gasteiger partial charge on any atom is -0.306 e. The summed E-state index contributed by atoms with van der Waals surface area (Å²) in [6, 6.07) is 9.27. The van der Waals surface area contributed by atoms with Gasteiger partial charge in [0.25, 0.3) is 5.56 Å². The van der Waals surface area contributed by atoms with Crippen molar-refractivity contribution in [1.29, 1.82) is 0 Å². The lowest BCUT2D eigenvalue weighted by Gasteiger charge is -2.03. The van der Waals surface area contributed by atoms with E-state index in [1.807, 2.05) is 24.3 Å². The second kappa shape index (κ2) is 4.34. The van der Waals surface area contributed by atoms with Crippen molar-refractivity contribution in [2.45, 2.75) is 0 Å². The van der Waals surface area contributed by atoms with Gasteiger partial charge >= 0.3 is 0 Å². The van der Waals surface area contributed by atoms with Crippen LogP contribution in [0.3, 0.4) is 0 Å². The minimum atomic E-state index is -0.155. The molecule has 18 heavy (non-hydrogen) atoms. The number of benzene rings is 1. The van der Waals surface area contributed by atoms with E-state index in [1.54, 1.807) is 18.5 Å². The Bertz CT molecular complexity index is 782. The highest BCUT2D eigenvalue weighted by Gasteiger charge is 2.05. The third-order valence-corrected chi connectivity index (χ3v) is 3.10. The summed E-state index contributed by atoms with van der Waals surface area (Å²) >= 11 is 3.40. The summed E-state index contributed by atoms with van der Waals surface area (Å²) in [5.41, 5.74) is 1.29. The summed E-state index contributed by atoms with van der Waals surface area (Å²) in [5.74, 6) is 0.543. The molecule has 0 aliphatic rings. The molecule has 0 saturated heterocycles. The van der Waals surface area contributed by atoms with Crippen LogP contribution in [0, 0.1) is 0 Å². The van der Waals surface area contributed by atoms with Crippen LogP contribution in [0.1, 0.15) is 0 Å². The van der Waals surface area contributed by atoms with Gasteiger partial charge in [0.2, 0.25) is 0 Å². The molecule has 5 heteroatoms. The van der Waals surface area contributed by atoms with Crippen LogP contribution in [0.5, 0.6) is 0 Å². The number of rotatable bonds is 1. The molecule has 0 amide bonds. The molecule has 2 aromatic heterocycles. The average Bonchev–Trinajstić information content (AvgIpc) is 2.39. The van der Waals surface area contributed by atoms with E-state index in [1.165, 1.54) is 0 Å². The Kier molecular flexibility index (Phi) is 2.68. The monoisotopic (exact) mass is 301 g/mol. The summed E-state index contributed by atoms with van der Waals surface area (Å²) in [6.45, 7) is 0. The van der Waals surface area contributed by atoms with Crippen LogP contribution >= 0.6 is 15.9 Å². The molecule has 2 heterocycles. The van der Waals surface area contributed by atoms with E-state index in [-0.39, 0.29) is 5.56 Å². The van der Waals surface area contributed by atoms with Gasteiger partial charge < -0.3 is 4.98 Å². The van der Waals surface area contributed by atoms with Gasteiger partial charge in [0.05, 0.1) is 17.1 Å². The molecule has 1 N–H and O–H groups in total. The van der Waals surface area contributed by atoms with Gasteiger partial charge in [-0.3, -0.25) is 9.78 Å². The number of halogens is 1. The average molecular weight is 302 g/mol. The molecule has 0 radical (unpaired) electrons. The first kappa shape index (κ1) is 11.1. The van der Waals surface area contributed by atoms with Crippen LogP contribution in [-0.2, 0) is 0 Å². The van der Waals surface area contributed by atoms with Crippen molar-refractivity contribution in [3.05, 3.63) is 57.6 Å². The van der Waals surface area contributed by atoms with Gasteiger partial charge in [0.15, 0.2) is 0 Å². The van der Waals surface area contributed by atoms with Crippen molar-refractivity contribution in [3.8, 4) is 11.4 Å². The second-order valence-corrected chi connectivity index (χ2v) is 4.73. The van der Waals surface area contributed by atoms with E-state index in [0.717, 1.165) is 10.0 Å². The van der Waals surface area contributed by atoms with Crippen LogP contribution in [0.2, 0.25) is 0 Å². The SMILES string of the molecule is O=c1[nH]c(-c2cccc(Br)c2)nc2cnccc12. The van der Waals surface area contributed by atoms with Crippen LogP contribution in [-0.4, -0.2) is 15.0 Å². The molecular weight excluding hydrogens is 294 g/mol. The largest absolute Gasteiger partial charge is 0.306 e. The normalized spacial score (nSPS) is 10.7. The summed E-state index contributed by atoms with van der Waals surface area (Å²) < 4.78 is 0.939. The molecule has 88 valence electrons. The summed E-state index contributed by atoms with van der Waals surface area (Å²) in [6.07, 6.45) is 3.17. The van der Waals surface area contributed by atoms with Crippen molar-refractivity contribution in [2.75, 3.05) is 0 Å². The first-order valence-electron chi connectivity index (χ1n) is 5.34. The number of hydrogen-bond acceptors (Lipinski definition) is 3. The third-order valence-electron chi connectivity index (χ3n) is 2.61. The Labute approximate surface area is 111 Å². The van der Waals surface area contributed by atoms with Crippen LogP contribution in [0.15, 0.2) is 52.0 Å². The van der Waals surface area contributed by atoms with Crippen molar-refractivity contribution in [1.82, 2.24) is 15.0 Å². The van der Waals surface area contributed by atoms with E-state index >= 15 is 0 Å². The second-order valence-electron chi connectivity index (χ2n) is 3.82. The first-order chi connectivity index (χ1) is 8.74. The molecular formula is C13H8BrN3O. The molecule has 0 spiro atoms. The first-order valence-corrected chi connectivity index (χ1v) is 6.13. The lowest BCUT2D eigenvalue weighted by molar-refractivity contribution is 1.16. The number of fused-ring (bicyclic) bond motifs is 1. The molecule has 3 aromatic rings. The predicted molar refractivity (Wildman–Crippen MR) is 73.3 cm³/mol. The van der Waals surface area contributed by atoms with Gasteiger partial charge in [-0.2, -0.15) is 0 Å². The van der Waals surface area contributed by atoms with E-state index in [4.69, 9.17) is 0 Å². The molecule has 0 fully saturated rings. The van der Waals surface area contributed by atoms with Gasteiger partial charge in [-0.15, -0.1) is 0 Å². The van der Waals surface area contributed by atoms with Crippen molar-refractivity contribution in [2.24, 2.45) is 0 Å². The van der Waals surface area contributed by atoms with E-state index in [0.29, 0.717) is 16.7 Å². The lowest BCUT2D eigenvalue weighted by atomic mass is 10.2. The van der Waals surface area contributed by atoms with Gasteiger partial charge in [0, 0.05) is 16.2 Å². The van der Waals surface area contributed by atoms with Crippen LogP contribution < -0.4 is 5.56 Å². The molecule has 0 aliphatic carbocycles. The van der Waals surface area contributed by atoms with E-state index in [2.05, 4.69) is 30.9 Å². The Morgan fingerprint density at radius 2 is 2.11 bits per heavy atom. The zero-order valence-corrected chi connectivity index (χ0v) is 10.8. The Morgan fingerprint density at radius 1 is 1.22 bits per heavy atom. The fourth-order valence-corrected chi connectivity index (χ4v) is 2.16. The summed E-state index contributed by atoms with van der Waals surface area (Å²) in [4.78, 5) is 23.1. The maximum absolute atomic E-state index is 11.9. The number of nitrogens with zero attached hydrogens (tertiary/aromatic N) is 2. The van der Waals surface area contributed by atoms with Gasteiger partial charge in [-0.25, -0.2) is 4.98 Å². The van der Waals surface area contributed by atoms with E-state index in [9.17, 15) is 4.79 Å². The number of pyridine rings is 1.